The van der Waals surface area contributed by atoms with Crippen LogP contribution in [0.2, 0.25) is 0 Å². The minimum Gasteiger partial charge on any atom is -0.444 e. The fraction of sp³-hybridized carbons (Fsp3) is 0.818. The molecule has 0 radical (unpaired) electrons. The highest BCUT2D eigenvalue weighted by Gasteiger charge is 2.15. The molecule has 0 rings (SSSR count). The van der Waals surface area contributed by atoms with Crippen molar-refractivity contribution in [2.45, 2.75) is 32.8 Å². The van der Waals surface area contributed by atoms with Gasteiger partial charge in [0.1, 0.15) is 5.60 Å². The quantitative estimate of drug-likeness (QED) is 0.675. The number of rotatable bonds is 6. The van der Waals surface area contributed by atoms with Crippen LogP contribution < -0.4 is 10.6 Å². The molecule has 0 spiro atoms. The Morgan fingerprint density at radius 1 is 1.12 bits per heavy atom. The van der Waals surface area contributed by atoms with Gasteiger partial charge in [-0.3, -0.25) is 4.79 Å². The van der Waals surface area contributed by atoms with Crippen LogP contribution in [0.25, 0.3) is 0 Å². The van der Waals surface area contributed by atoms with Gasteiger partial charge in [0.05, 0.1) is 6.61 Å². The minimum absolute atomic E-state index is 0.0992. The molecule has 0 aromatic heterocycles. The topological polar surface area (TPSA) is 76.7 Å². The van der Waals surface area contributed by atoms with Crippen LogP contribution >= 0.6 is 0 Å². The molecular formula is C11H22N2O4. The van der Waals surface area contributed by atoms with Crippen LogP contribution in [0.4, 0.5) is 4.79 Å². The molecule has 0 bridgehead atoms. The van der Waals surface area contributed by atoms with Gasteiger partial charge in [-0.15, -0.1) is 0 Å². The Morgan fingerprint density at radius 2 is 1.71 bits per heavy atom. The normalized spacial score (nSPS) is 10.8. The van der Waals surface area contributed by atoms with Gasteiger partial charge in [0.25, 0.3) is 0 Å². The molecule has 2 N–H and O–H groups in total. The molecule has 0 aliphatic rings. The van der Waals surface area contributed by atoms with Crippen molar-refractivity contribution in [3.63, 3.8) is 0 Å². The Morgan fingerprint density at radius 3 is 2.24 bits per heavy atom. The highest BCUT2D eigenvalue weighted by molar-refractivity contribution is 5.76. The number of alkyl carbamates (subject to hydrolysis) is 1. The molecule has 2 amide bonds. The van der Waals surface area contributed by atoms with Crippen molar-refractivity contribution in [2.24, 2.45) is 0 Å². The summed E-state index contributed by atoms with van der Waals surface area (Å²) in [7, 11) is 1.54. The van der Waals surface area contributed by atoms with Gasteiger partial charge in [0.2, 0.25) is 5.91 Å². The molecule has 6 nitrogen and oxygen atoms in total. The Labute approximate surface area is 102 Å². The van der Waals surface area contributed by atoms with Crippen LogP contribution in [-0.4, -0.2) is 44.4 Å². The molecule has 0 unspecified atom stereocenters. The first-order valence-electron chi connectivity index (χ1n) is 5.57. The standard InChI is InChI=1S/C11H22N2O4/c1-11(2,3)17-10(15)13-7-6-12-9(14)5-8-16-4/h5-8H2,1-4H3,(H,12,14)(H,13,15). The fourth-order valence-electron chi connectivity index (χ4n) is 0.964. The maximum Gasteiger partial charge on any atom is 0.407 e. The van der Waals surface area contributed by atoms with E-state index in [4.69, 9.17) is 9.47 Å². The molecule has 0 atom stereocenters. The second kappa shape index (κ2) is 7.89. The van der Waals surface area contributed by atoms with Crippen molar-refractivity contribution >= 4 is 12.0 Å². The van der Waals surface area contributed by atoms with Crippen molar-refractivity contribution in [1.29, 1.82) is 0 Å². The lowest BCUT2D eigenvalue weighted by Crippen LogP contribution is -2.38. The van der Waals surface area contributed by atoms with Crippen molar-refractivity contribution < 1.29 is 19.1 Å². The summed E-state index contributed by atoms with van der Waals surface area (Å²) in [5.41, 5.74) is -0.508. The van der Waals surface area contributed by atoms with Crippen molar-refractivity contribution in [3.8, 4) is 0 Å². The maximum absolute atomic E-state index is 11.2. The third-order valence-electron chi connectivity index (χ3n) is 1.65. The lowest BCUT2D eigenvalue weighted by molar-refractivity contribution is -0.121. The monoisotopic (exact) mass is 246 g/mol. The Kier molecular flexibility index (Phi) is 7.29. The van der Waals surface area contributed by atoms with E-state index in [-0.39, 0.29) is 5.91 Å². The van der Waals surface area contributed by atoms with Crippen LogP contribution in [0, 0.1) is 0 Å². The first kappa shape index (κ1) is 15.7. The summed E-state index contributed by atoms with van der Waals surface area (Å²) in [4.78, 5) is 22.3. The van der Waals surface area contributed by atoms with Gasteiger partial charge in [-0.05, 0) is 20.8 Å². The first-order valence-corrected chi connectivity index (χ1v) is 5.57. The maximum atomic E-state index is 11.2. The van der Waals surface area contributed by atoms with E-state index in [0.717, 1.165) is 0 Å². The summed E-state index contributed by atoms with van der Waals surface area (Å²) >= 11 is 0. The first-order chi connectivity index (χ1) is 7.85. The number of methoxy groups -OCH3 is 1. The summed E-state index contributed by atoms with van der Waals surface area (Å²) < 4.78 is 9.79. The van der Waals surface area contributed by atoms with Crippen molar-refractivity contribution in [3.05, 3.63) is 0 Å². The molecule has 0 saturated heterocycles. The van der Waals surface area contributed by atoms with E-state index in [1.165, 1.54) is 7.11 Å². The average Bonchev–Trinajstić information content (AvgIpc) is 2.19. The number of carbonyl (C=O) groups excluding carboxylic acids is 2. The van der Waals surface area contributed by atoms with Gasteiger partial charge in [-0.25, -0.2) is 4.79 Å². The molecule has 0 aromatic carbocycles. The molecule has 100 valence electrons. The summed E-state index contributed by atoms with van der Waals surface area (Å²) in [5, 5.41) is 5.19. The number of ether oxygens (including phenoxy) is 2. The lowest BCUT2D eigenvalue weighted by atomic mass is 10.2. The van der Waals surface area contributed by atoms with Crippen molar-refractivity contribution in [1.82, 2.24) is 10.6 Å². The van der Waals surface area contributed by atoms with Gasteiger partial charge in [-0.1, -0.05) is 0 Å². The van der Waals surface area contributed by atoms with Crippen LogP contribution in [-0.2, 0) is 14.3 Å². The van der Waals surface area contributed by atoms with E-state index in [1.807, 2.05) is 0 Å². The number of carbonyl (C=O) groups is 2. The highest BCUT2D eigenvalue weighted by atomic mass is 16.6. The largest absolute Gasteiger partial charge is 0.444 e. The highest BCUT2D eigenvalue weighted by Crippen LogP contribution is 2.05. The van der Waals surface area contributed by atoms with Crippen LogP contribution in [0.15, 0.2) is 0 Å². The molecule has 0 fully saturated rings. The zero-order chi connectivity index (χ0) is 13.3. The molecule has 0 aliphatic carbocycles. The molecule has 6 heteroatoms. The van der Waals surface area contributed by atoms with E-state index < -0.39 is 11.7 Å². The molecule has 0 heterocycles. The van der Waals surface area contributed by atoms with E-state index in [1.54, 1.807) is 20.8 Å². The zero-order valence-electron chi connectivity index (χ0n) is 11.0. The molecular weight excluding hydrogens is 224 g/mol. The van der Waals surface area contributed by atoms with Crippen LogP contribution in [0.5, 0.6) is 0 Å². The Balaban J connectivity index is 3.51. The Bertz CT molecular complexity index is 248. The van der Waals surface area contributed by atoms with Gasteiger partial charge in [0.15, 0.2) is 0 Å². The average molecular weight is 246 g/mol. The molecule has 0 aliphatic heterocycles. The summed E-state index contributed by atoms with van der Waals surface area (Å²) in [6.45, 7) is 6.48. The summed E-state index contributed by atoms with van der Waals surface area (Å²) in [5.74, 6) is -0.0992. The number of amides is 2. The second-order valence-electron chi connectivity index (χ2n) is 4.52. The third kappa shape index (κ3) is 11.0. The predicted octanol–water partition coefficient (Wildman–Crippen LogP) is 0.664. The smallest absolute Gasteiger partial charge is 0.407 e. The zero-order valence-corrected chi connectivity index (χ0v) is 11.0. The van der Waals surface area contributed by atoms with Gasteiger partial charge < -0.3 is 20.1 Å². The van der Waals surface area contributed by atoms with E-state index in [9.17, 15) is 9.59 Å². The molecule has 0 aromatic rings. The van der Waals surface area contributed by atoms with E-state index in [0.29, 0.717) is 26.1 Å². The number of nitrogens with one attached hydrogen (secondary N) is 2. The second-order valence-corrected chi connectivity index (χ2v) is 4.52. The van der Waals surface area contributed by atoms with Gasteiger partial charge in [0, 0.05) is 26.6 Å². The van der Waals surface area contributed by atoms with E-state index in [2.05, 4.69) is 10.6 Å². The van der Waals surface area contributed by atoms with Crippen LogP contribution in [0.3, 0.4) is 0 Å². The van der Waals surface area contributed by atoms with Gasteiger partial charge in [-0.2, -0.15) is 0 Å². The van der Waals surface area contributed by atoms with Gasteiger partial charge >= 0.3 is 6.09 Å². The Hall–Kier alpha value is -1.30. The number of hydrogen-bond donors (Lipinski definition) is 2. The summed E-state index contributed by atoms with van der Waals surface area (Å²) in [6.07, 6.45) is -0.160. The fourth-order valence-corrected chi connectivity index (χ4v) is 0.964. The minimum atomic E-state index is -0.508. The number of hydrogen-bond acceptors (Lipinski definition) is 4. The lowest BCUT2D eigenvalue weighted by Gasteiger charge is -2.19. The molecule has 0 saturated carbocycles. The SMILES string of the molecule is COCCC(=O)NCCNC(=O)OC(C)(C)C. The third-order valence-corrected chi connectivity index (χ3v) is 1.65. The van der Waals surface area contributed by atoms with Crippen LogP contribution in [0.1, 0.15) is 27.2 Å². The van der Waals surface area contributed by atoms with Crippen molar-refractivity contribution in [2.75, 3.05) is 26.8 Å². The molecule has 17 heavy (non-hydrogen) atoms. The predicted molar refractivity (Wildman–Crippen MR) is 63.7 cm³/mol. The van der Waals surface area contributed by atoms with E-state index >= 15 is 0 Å². The summed E-state index contributed by atoms with van der Waals surface area (Å²) in [6, 6.07) is 0.